The molecule has 0 heterocycles. The first-order valence-electron chi connectivity index (χ1n) is 4.42. The van der Waals surface area contributed by atoms with Crippen molar-refractivity contribution in [1.82, 2.24) is 5.32 Å². The minimum Gasteiger partial charge on any atom is -0.480 e. The number of nitrogens with one attached hydrogen (secondary N) is 1. The van der Waals surface area contributed by atoms with Gasteiger partial charge in [0.2, 0.25) is 5.91 Å². The SMILES string of the molecule is C=CCC(N)C(=O)N[C@@H](CC)C(=O)O. The third kappa shape index (κ3) is 4.04. The van der Waals surface area contributed by atoms with E-state index in [9.17, 15) is 9.59 Å². The molecular formula is C9H16N2O3. The van der Waals surface area contributed by atoms with Crippen LogP contribution in [0.25, 0.3) is 0 Å². The van der Waals surface area contributed by atoms with Crippen LogP contribution in [0.3, 0.4) is 0 Å². The average Bonchev–Trinajstić information content (AvgIpc) is 2.13. The van der Waals surface area contributed by atoms with Crippen LogP contribution in [0, 0.1) is 0 Å². The van der Waals surface area contributed by atoms with Crippen LogP contribution in [0.5, 0.6) is 0 Å². The first-order valence-corrected chi connectivity index (χ1v) is 4.42. The lowest BCUT2D eigenvalue weighted by Crippen LogP contribution is -2.47. The van der Waals surface area contributed by atoms with Crippen molar-refractivity contribution in [2.75, 3.05) is 0 Å². The predicted octanol–water partition coefficient (Wildman–Crippen LogP) is -0.131. The van der Waals surface area contributed by atoms with Gasteiger partial charge in [0.25, 0.3) is 0 Å². The van der Waals surface area contributed by atoms with Crippen molar-refractivity contribution >= 4 is 11.9 Å². The van der Waals surface area contributed by atoms with Gasteiger partial charge in [0.05, 0.1) is 6.04 Å². The van der Waals surface area contributed by atoms with E-state index in [4.69, 9.17) is 10.8 Å². The van der Waals surface area contributed by atoms with Crippen LogP contribution in [0.2, 0.25) is 0 Å². The zero-order chi connectivity index (χ0) is 11.1. The van der Waals surface area contributed by atoms with Gasteiger partial charge in [0, 0.05) is 0 Å². The van der Waals surface area contributed by atoms with Gasteiger partial charge in [-0.25, -0.2) is 4.79 Å². The molecule has 0 spiro atoms. The molecule has 0 aliphatic rings. The number of amides is 1. The second kappa shape index (κ2) is 6.15. The van der Waals surface area contributed by atoms with Crippen molar-refractivity contribution < 1.29 is 14.7 Å². The molecule has 0 aromatic rings. The molecular weight excluding hydrogens is 184 g/mol. The van der Waals surface area contributed by atoms with Crippen molar-refractivity contribution in [3.63, 3.8) is 0 Å². The Morgan fingerprint density at radius 3 is 2.57 bits per heavy atom. The van der Waals surface area contributed by atoms with Gasteiger partial charge < -0.3 is 16.2 Å². The fourth-order valence-corrected chi connectivity index (χ4v) is 0.904. The number of hydrogen-bond acceptors (Lipinski definition) is 3. The first-order chi connectivity index (χ1) is 6.52. The van der Waals surface area contributed by atoms with Gasteiger partial charge >= 0.3 is 5.97 Å². The first kappa shape index (κ1) is 12.6. The summed E-state index contributed by atoms with van der Waals surface area (Å²) in [5.74, 6) is -1.51. The Balaban J connectivity index is 4.14. The van der Waals surface area contributed by atoms with Crippen molar-refractivity contribution in [2.45, 2.75) is 31.8 Å². The maximum Gasteiger partial charge on any atom is 0.326 e. The molecule has 2 atom stereocenters. The summed E-state index contributed by atoms with van der Waals surface area (Å²) in [6.45, 7) is 5.12. The number of hydrogen-bond donors (Lipinski definition) is 3. The lowest BCUT2D eigenvalue weighted by atomic mass is 10.1. The largest absolute Gasteiger partial charge is 0.480 e. The van der Waals surface area contributed by atoms with E-state index in [1.165, 1.54) is 6.08 Å². The van der Waals surface area contributed by atoms with Crippen LogP contribution in [0.15, 0.2) is 12.7 Å². The number of carboxylic acid groups (broad SMARTS) is 1. The summed E-state index contributed by atoms with van der Waals surface area (Å²) in [6.07, 6.45) is 2.19. The van der Waals surface area contributed by atoms with Crippen LogP contribution < -0.4 is 11.1 Å². The summed E-state index contributed by atoms with van der Waals surface area (Å²) in [5.41, 5.74) is 5.45. The van der Waals surface area contributed by atoms with E-state index in [-0.39, 0.29) is 0 Å². The van der Waals surface area contributed by atoms with Gasteiger partial charge in [-0.1, -0.05) is 13.0 Å². The second-order valence-electron chi connectivity index (χ2n) is 2.94. The van der Waals surface area contributed by atoms with E-state index >= 15 is 0 Å². The maximum atomic E-state index is 11.3. The molecule has 1 amide bonds. The van der Waals surface area contributed by atoms with Gasteiger partial charge in [-0.15, -0.1) is 6.58 Å². The van der Waals surface area contributed by atoms with Crippen LogP contribution >= 0.6 is 0 Å². The highest BCUT2D eigenvalue weighted by atomic mass is 16.4. The lowest BCUT2D eigenvalue weighted by molar-refractivity contribution is -0.142. The molecule has 4 N–H and O–H groups in total. The number of carbonyl (C=O) groups excluding carboxylic acids is 1. The van der Waals surface area contributed by atoms with Gasteiger partial charge in [-0.05, 0) is 12.8 Å². The summed E-state index contributed by atoms with van der Waals surface area (Å²) in [4.78, 5) is 21.8. The monoisotopic (exact) mass is 200 g/mol. The molecule has 0 aromatic carbocycles. The number of aliphatic carboxylic acids is 1. The van der Waals surface area contributed by atoms with Gasteiger partial charge in [0.15, 0.2) is 0 Å². The predicted molar refractivity (Wildman–Crippen MR) is 52.6 cm³/mol. The lowest BCUT2D eigenvalue weighted by Gasteiger charge is -2.15. The van der Waals surface area contributed by atoms with Crippen molar-refractivity contribution in [3.8, 4) is 0 Å². The Hall–Kier alpha value is -1.36. The molecule has 1 unspecified atom stereocenters. The van der Waals surface area contributed by atoms with E-state index in [2.05, 4.69) is 11.9 Å². The fraction of sp³-hybridized carbons (Fsp3) is 0.556. The van der Waals surface area contributed by atoms with Gasteiger partial charge in [-0.3, -0.25) is 4.79 Å². The van der Waals surface area contributed by atoms with Crippen LogP contribution in [0.1, 0.15) is 19.8 Å². The third-order valence-electron chi connectivity index (χ3n) is 1.78. The topological polar surface area (TPSA) is 92.4 Å². The molecule has 0 radical (unpaired) electrons. The molecule has 0 saturated carbocycles. The van der Waals surface area contributed by atoms with Crippen molar-refractivity contribution in [3.05, 3.63) is 12.7 Å². The summed E-state index contributed by atoms with van der Waals surface area (Å²) in [7, 11) is 0. The minimum atomic E-state index is -1.05. The molecule has 0 aliphatic heterocycles. The summed E-state index contributed by atoms with van der Waals surface area (Å²) < 4.78 is 0. The quantitative estimate of drug-likeness (QED) is 0.521. The highest BCUT2D eigenvalue weighted by Crippen LogP contribution is 1.94. The Kier molecular flexibility index (Phi) is 5.55. The van der Waals surface area contributed by atoms with E-state index in [0.29, 0.717) is 12.8 Å². The number of carboxylic acids is 1. The number of carbonyl (C=O) groups is 2. The highest BCUT2D eigenvalue weighted by molar-refractivity contribution is 5.86. The van der Waals surface area contributed by atoms with E-state index in [1.54, 1.807) is 6.92 Å². The Morgan fingerprint density at radius 2 is 2.21 bits per heavy atom. The van der Waals surface area contributed by atoms with Gasteiger partial charge in [-0.2, -0.15) is 0 Å². The van der Waals surface area contributed by atoms with Gasteiger partial charge in [0.1, 0.15) is 6.04 Å². The molecule has 5 nitrogen and oxygen atoms in total. The number of rotatable bonds is 6. The molecule has 14 heavy (non-hydrogen) atoms. The minimum absolute atomic E-state index is 0.335. The summed E-state index contributed by atoms with van der Waals surface area (Å²) in [5, 5.41) is 11.0. The Labute approximate surface area is 83.0 Å². The number of nitrogens with two attached hydrogens (primary N) is 1. The van der Waals surface area contributed by atoms with E-state index < -0.39 is 24.0 Å². The fourth-order valence-electron chi connectivity index (χ4n) is 0.904. The summed E-state index contributed by atoms with van der Waals surface area (Å²) >= 11 is 0. The van der Waals surface area contributed by atoms with E-state index in [1.807, 2.05) is 0 Å². The van der Waals surface area contributed by atoms with Crippen LogP contribution in [-0.2, 0) is 9.59 Å². The molecule has 80 valence electrons. The third-order valence-corrected chi connectivity index (χ3v) is 1.78. The second-order valence-corrected chi connectivity index (χ2v) is 2.94. The molecule has 0 fully saturated rings. The average molecular weight is 200 g/mol. The molecule has 0 saturated heterocycles. The van der Waals surface area contributed by atoms with Crippen molar-refractivity contribution in [2.24, 2.45) is 5.73 Å². The molecule has 0 aromatic heterocycles. The maximum absolute atomic E-state index is 11.3. The zero-order valence-corrected chi connectivity index (χ0v) is 8.19. The standard InChI is InChI=1S/C9H16N2O3/c1-3-5-6(10)8(12)11-7(4-2)9(13)14/h3,6-7H,1,4-5,10H2,2H3,(H,11,12)(H,13,14)/t6?,7-/m0/s1. The normalized spacial score (nSPS) is 14.1. The van der Waals surface area contributed by atoms with Crippen molar-refractivity contribution in [1.29, 1.82) is 0 Å². The molecule has 0 aliphatic carbocycles. The molecule has 5 heteroatoms. The Bertz CT molecular complexity index is 228. The molecule has 0 bridgehead atoms. The smallest absolute Gasteiger partial charge is 0.326 e. The van der Waals surface area contributed by atoms with E-state index in [0.717, 1.165) is 0 Å². The highest BCUT2D eigenvalue weighted by Gasteiger charge is 2.20. The molecule has 0 rings (SSSR count). The van der Waals surface area contributed by atoms with Crippen LogP contribution in [0.4, 0.5) is 0 Å². The zero-order valence-electron chi connectivity index (χ0n) is 8.19. The summed E-state index contributed by atoms with van der Waals surface area (Å²) in [6, 6.07) is -1.58. The Morgan fingerprint density at radius 1 is 1.64 bits per heavy atom. The van der Waals surface area contributed by atoms with Crippen LogP contribution in [-0.4, -0.2) is 29.1 Å².